The molecule has 2 aromatic carbocycles. The molecular weight excluding hydrogens is 448 g/mol. The Kier molecular flexibility index (Phi) is 7.50. The molecule has 0 atom stereocenters. The lowest BCUT2D eigenvalue weighted by Gasteiger charge is -2.39. The number of rotatable bonds is 10. The first-order valence-corrected chi connectivity index (χ1v) is 11.4. The molecule has 0 spiro atoms. The summed E-state index contributed by atoms with van der Waals surface area (Å²) in [7, 11) is 1.61. The maximum absolute atomic E-state index is 12.8. The monoisotopic (exact) mass is 476 g/mol. The van der Waals surface area contributed by atoms with Gasteiger partial charge in [0.1, 0.15) is 18.1 Å². The molecule has 1 aliphatic rings. The lowest BCUT2D eigenvalue weighted by molar-refractivity contribution is -0.139. The highest BCUT2D eigenvalue weighted by Crippen LogP contribution is 2.35. The fraction of sp³-hybridized carbons (Fsp3) is 0.296. The number of carbonyl (C=O) groups is 2. The van der Waals surface area contributed by atoms with Crippen molar-refractivity contribution in [2.45, 2.75) is 25.9 Å². The number of nitrogens with zero attached hydrogens (tertiary/aromatic N) is 2. The third-order valence-corrected chi connectivity index (χ3v) is 5.97. The van der Waals surface area contributed by atoms with E-state index in [1.165, 1.54) is 23.9 Å². The lowest BCUT2D eigenvalue weighted by Crippen LogP contribution is -2.48. The molecule has 0 aliphatic carbocycles. The van der Waals surface area contributed by atoms with Crippen LogP contribution < -0.4 is 14.2 Å². The van der Waals surface area contributed by atoms with Crippen molar-refractivity contribution in [3.8, 4) is 17.2 Å². The molecule has 4 rings (SSSR count). The number of aryl methyl sites for hydroxylation is 1. The lowest BCUT2D eigenvalue weighted by atomic mass is 9.91. The molecule has 0 saturated carbocycles. The summed E-state index contributed by atoms with van der Waals surface area (Å²) in [5.41, 5.74) is 3.67. The summed E-state index contributed by atoms with van der Waals surface area (Å²) in [6, 6.07) is 17.2. The van der Waals surface area contributed by atoms with E-state index in [0.29, 0.717) is 36.9 Å². The summed E-state index contributed by atoms with van der Waals surface area (Å²) in [6.07, 6.45) is 2.44. The third-order valence-electron chi connectivity index (χ3n) is 5.97. The fourth-order valence-corrected chi connectivity index (χ4v) is 3.87. The highest BCUT2D eigenvalue weighted by molar-refractivity contribution is 5.93. The summed E-state index contributed by atoms with van der Waals surface area (Å²) in [5.74, 6) is 0.494. The van der Waals surface area contributed by atoms with Crippen molar-refractivity contribution in [2.75, 3.05) is 26.8 Å². The molecule has 1 N–H and O–H groups in total. The van der Waals surface area contributed by atoms with Gasteiger partial charge in [0, 0.05) is 31.3 Å². The van der Waals surface area contributed by atoms with Gasteiger partial charge in [-0.05, 0) is 41.3 Å². The molecule has 0 bridgehead atoms. The van der Waals surface area contributed by atoms with Crippen LogP contribution in [0.3, 0.4) is 0 Å². The van der Waals surface area contributed by atoms with Gasteiger partial charge in [-0.2, -0.15) is 0 Å². The van der Waals surface area contributed by atoms with E-state index < -0.39 is 12.6 Å². The largest absolute Gasteiger partial charge is 0.493 e. The molecular formula is C27H28N2O6. The third kappa shape index (κ3) is 5.90. The van der Waals surface area contributed by atoms with E-state index in [1.807, 2.05) is 18.2 Å². The second kappa shape index (κ2) is 10.9. The van der Waals surface area contributed by atoms with Crippen LogP contribution in [0.15, 0.2) is 60.8 Å². The number of carbonyl (C=O) groups excluding carboxylic acids is 1. The summed E-state index contributed by atoms with van der Waals surface area (Å²) in [4.78, 5) is 29.3. The number of ether oxygens (including phenoxy) is 3. The molecule has 8 nitrogen and oxygen atoms in total. The Morgan fingerprint density at radius 1 is 1.00 bits per heavy atom. The second-order valence-corrected chi connectivity index (χ2v) is 8.34. The van der Waals surface area contributed by atoms with Crippen molar-refractivity contribution >= 4 is 11.9 Å². The van der Waals surface area contributed by atoms with Gasteiger partial charge in [-0.15, -0.1) is 0 Å². The molecule has 1 aromatic heterocycles. The SMILES string of the molecule is CCc1ccc(COc2ccc(C3CN(C(=O)c4cc(OCC(=O)O)ccn4)C3)cc2OC)cc1. The number of amides is 1. The number of benzene rings is 2. The zero-order valence-corrected chi connectivity index (χ0v) is 19.8. The van der Waals surface area contributed by atoms with Crippen molar-refractivity contribution in [1.29, 1.82) is 0 Å². The minimum absolute atomic E-state index is 0.176. The van der Waals surface area contributed by atoms with Crippen LogP contribution in [-0.4, -0.2) is 53.7 Å². The number of hydrogen-bond acceptors (Lipinski definition) is 6. The van der Waals surface area contributed by atoms with E-state index in [0.717, 1.165) is 17.5 Å². The maximum atomic E-state index is 12.8. The van der Waals surface area contributed by atoms with Gasteiger partial charge in [0.2, 0.25) is 0 Å². The van der Waals surface area contributed by atoms with Gasteiger partial charge in [0.25, 0.3) is 5.91 Å². The molecule has 0 unspecified atom stereocenters. The molecule has 8 heteroatoms. The summed E-state index contributed by atoms with van der Waals surface area (Å²) >= 11 is 0. The van der Waals surface area contributed by atoms with Gasteiger partial charge < -0.3 is 24.2 Å². The Labute approximate surface area is 204 Å². The standard InChI is InChI=1S/C27H28N2O6/c1-3-18-4-6-19(7-5-18)16-35-24-9-8-20(12-25(24)33-2)21-14-29(15-21)27(32)23-13-22(10-11-28-23)34-17-26(30)31/h4-13,21H,3,14-17H2,1-2H3,(H,30,31). The Balaban J connectivity index is 1.34. The number of likely N-dealkylation sites (tertiary alicyclic amines) is 1. The average Bonchev–Trinajstić information content (AvgIpc) is 2.86. The van der Waals surface area contributed by atoms with E-state index in [9.17, 15) is 9.59 Å². The first kappa shape index (κ1) is 24.1. The van der Waals surface area contributed by atoms with E-state index in [-0.39, 0.29) is 17.5 Å². The average molecular weight is 477 g/mol. The van der Waals surface area contributed by atoms with Crippen LogP contribution in [0, 0.1) is 0 Å². The van der Waals surface area contributed by atoms with Gasteiger partial charge in [0.05, 0.1) is 7.11 Å². The molecule has 1 aliphatic heterocycles. The maximum Gasteiger partial charge on any atom is 0.341 e. The van der Waals surface area contributed by atoms with Crippen LogP contribution in [0.1, 0.15) is 40.0 Å². The summed E-state index contributed by atoms with van der Waals surface area (Å²) < 4.78 is 16.7. The van der Waals surface area contributed by atoms with Gasteiger partial charge in [-0.25, -0.2) is 4.79 Å². The van der Waals surface area contributed by atoms with Gasteiger partial charge >= 0.3 is 5.97 Å². The van der Waals surface area contributed by atoms with E-state index in [1.54, 1.807) is 12.0 Å². The molecule has 0 radical (unpaired) electrons. The summed E-state index contributed by atoms with van der Waals surface area (Å²) in [5, 5.41) is 8.75. The Bertz CT molecular complexity index is 1190. The topological polar surface area (TPSA) is 98.2 Å². The van der Waals surface area contributed by atoms with Crippen molar-refractivity contribution in [3.05, 3.63) is 83.2 Å². The molecule has 1 fully saturated rings. The van der Waals surface area contributed by atoms with Gasteiger partial charge in [0.15, 0.2) is 18.1 Å². The highest BCUT2D eigenvalue weighted by atomic mass is 16.5. The zero-order valence-electron chi connectivity index (χ0n) is 19.8. The van der Waals surface area contributed by atoms with E-state index in [2.05, 4.69) is 36.2 Å². The van der Waals surface area contributed by atoms with Crippen LogP contribution in [0.2, 0.25) is 0 Å². The molecule has 2 heterocycles. The number of pyridine rings is 1. The van der Waals surface area contributed by atoms with Gasteiger partial charge in [-0.1, -0.05) is 37.3 Å². The number of aliphatic carboxylic acids is 1. The normalized spacial score (nSPS) is 13.1. The predicted molar refractivity (Wildman–Crippen MR) is 129 cm³/mol. The van der Waals surface area contributed by atoms with Crippen LogP contribution in [0.4, 0.5) is 0 Å². The molecule has 3 aromatic rings. The highest BCUT2D eigenvalue weighted by Gasteiger charge is 2.33. The second-order valence-electron chi connectivity index (χ2n) is 8.34. The van der Waals surface area contributed by atoms with Crippen molar-refractivity contribution in [3.63, 3.8) is 0 Å². The Morgan fingerprint density at radius 3 is 2.43 bits per heavy atom. The Hall–Kier alpha value is -4.07. The number of methoxy groups -OCH3 is 1. The minimum atomic E-state index is -1.09. The van der Waals surface area contributed by atoms with Gasteiger partial charge in [-0.3, -0.25) is 9.78 Å². The number of aromatic nitrogens is 1. The summed E-state index contributed by atoms with van der Waals surface area (Å²) in [6.45, 7) is 3.20. The van der Waals surface area contributed by atoms with Crippen molar-refractivity contribution in [1.82, 2.24) is 9.88 Å². The van der Waals surface area contributed by atoms with Crippen LogP contribution in [0.5, 0.6) is 17.2 Å². The minimum Gasteiger partial charge on any atom is -0.493 e. The van der Waals surface area contributed by atoms with Crippen molar-refractivity contribution < 1.29 is 28.9 Å². The quantitative estimate of drug-likeness (QED) is 0.473. The molecule has 1 saturated heterocycles. The van der Waals surface area contributed by atoms with Crippen LogP contribution >= 0.6 is 0 Å². The fourth-order valence-electron chi connectivity index (χ4n) is 3.87. The Morgan fingerprint density at radius 2 is 1.74 bits per heavy atom. The number of carboxylic acid groups (broad SMARTS) is 1. The number of carboxylic acids is 1. The molecule has 182 valence electrons. The molecule has 1 amide bonds. The predicted octanol–water partition coefficient (Wildman–Crippen LogP) is 3.93. The molecule has 35 heavy (non-hydrogen) atoms. The van der Waals surface area contributed by atoms with Crippen LogP contribution in [-0.2, 0) is 17.8 Å². The number of hydrogen-bond donors (Lipinski definition) is 1. The van der Waals surface area contributed by atoms with Crippen molar-refractivity contribution in [2.24, 2.45) is 0 Å². The van der Waals surface area contributed by atoms with Crippen LogP contribution in [0.25, 0.3) is 0 Å². The first-order valence-electron chi connectivity index (χ1n) is 11.4. The van der Waals surface area contributed by atoms with E-state index >= 15 is 0 Å². The first-order chi connectivity index (χ1) is 17.0. The van der Waals surface area contributed by atoms with E-state index in [4.69, 9.17) is 19.3 Å². The smallest absolute Gasteiger partial charge is 0.341 e. The zero-order chi connectivity index (χ0) is 24.8.